The van der Waals surface area contributed by atoms with Crippen LogP contribution in [0.5, 0.6) is 11.5 Å². The predicted molar refractivity (Wildman–Crippen MR) is 71.6 cm³/mol. The van der Waals surface area contributed by atoms with Crippen LogP contribution in [0.1, 0.15) is 25.3 Å². The number of halogens is 1. The van der Waals surface area contributed by atoms with Crippen LogP contribution in [0.25, 0.3) is 0 Å². The fourth-order valence-corrected chi connectivity index (χ4v) is 2.05. The fourth-order valence-electron chi connectivity index (χ4n) is 1.44. The zero-order chi connectivity index (χ0) is 13.4. The molecule has 0 atom stereocenters. The lowest BCUT2D eigenvalue weighted by molar-refractivity contribution is 0.266. The number of nitriles is 1. The molecule has 1 aromatic rings. The second-order valence-corrected chi connectivity index (χ2v) is 4.46. The second-order valence-electron chi connectivity index (χ2n) is 3.61. The lowest BCUT2D eigenvalue weighted by Crippen LogP contribution is -2.02. The average Bonchev–Trinajstić information content (AvgIpc) is 2.37. The summed E-state index contributed by atoms with van der Waals surface area (Å²) in [6, 6.07) is 5.62. The minimum Gasteiger partial charge on any atom is -0.490 e. The maximum Gasteiger partial charge on any atom is 0.175 e. The van der Waals surface area contributed by atoms with Gasteiger partial charge in [0.2, 0.25) is 0 Å². The van der Waals surface area contributed by atoms with Crippen molar-refractivity contribution in [3.05, 3.63) is 22.2 Å². The maximum atomic E-state index is 9.14. The topological polar surface area (TPSA) is 62.5 Å². The van der Waals surface area contributed by atoms with E-state index in [-0.39, 0.29) is 6.61 Å². The molecule has 0 bridgehead atoms. The monoisotopic (exact) mass is 313 g/mol. The van der Waals surface area contributed by atoms with Crippen molar-refractivity contribution < 1.29 is 14.6 Å². The standard InChI is InChI=1S/C13H16BrNO3/c1-2-17-12-8-10(9-16)7-11(14)13(12)18-6-4-3-5-15/h7-8,16H,2-4,6,9H2,1H3. The SMILES string of the molecule is CCOc1cc(CO)cc(Br)c1OCCCC#N. The quantitative estimate of drug-likeness (QED) is 0.786. The summed E-state index contributed by atoms with van der Waals surface area (Å²) in [4.78, 5) is 0. The number of hydrogen-bond donors (Lipinski definition) is 1. The first-order valence-corrected chi connectivity index (χ1v) is 6.58. The van der Waals surface area contributed by atoms with Gasteiger partial charge >= 0.3 is 0 Å². The third-order valence-electron chi connectivity index (χ3n) is 2.23. The van der Waals surface area contributed by atoms with E-state index < -0.39 is 0 Å². The van der Waals surface area contributed by atoms with Gasteiger partial charge in [0.1, 0.15) is 0 Å². The molecule has 5 heteroatoms. The van der Waals surface area contributed by atoms with Crippen molar-refractivity contribution in [2.75, 3.05) is 13.2 Å². The normalized spacial score (nSPS) is 9.89. The molecule has 18 heavy (non-hydrogen) atoms. The lowest BCUT2D eigenvalue weighted by atomic mass is 10.2. The van der Waals surface area contributed by atoms with Crippen molar-refractivity contribution >= 4 is 15.9 Å². The first-order chi connectivity index (χ1) is 8.72. The molecule has 0 saturated carbocycles. The van der Waals surface area contributed by atoms with E-state index in [0.717, 1.165) is 10.0 Å². The van der Waals surface area contributed by atoms with E-state index >= 15 is 0 Å². The molecule has 0 fully saturated rings. The minimum atomic E-state index is -0.0482. The zero-order valence-electron chi connectivity index (χ0n) is 10.3. The van der Waals surface area contributed by atoms with Crippen molar-refractivity contribution in [3.8, 4) is 17.6 Å². The Hall–Kier alpha value is -1.25. The number of aliphatic hydroxyl groups is 1. The summed E-state index contributed by atoms with van der Waals surface area (Å²) in [6.45, 7) is 2.83. The van der Waals surface area contributed by atoms with Gasteiger partial charge in [-0.25, -0.2) is 0 Å². The third kappa shape index (κ3) is 4.21. The highest BCUT2D eigenvalue weighted by Gasteiger charge is 2.11. The molecule has 0 aromatic heterocycles. The Morgan fingerprint density at radius 2 is 2.17 bits per heavy atom. The molecule has 0 aliphatic heterocycles. The molecule has 0 radical (unpaired) electrons. The summed E-state index contributed by atoms with van der Waals surface area (Å²) in [6.07, 6.45) is 1.15. The zero-order valence-corrected chi connectivity index (χ0v) is 11.9. The molecule has 1 rings (SSSR count). The van der Waals surface area contributed by atoms with Crippen molar-refractivity contribution in [2.45, 2.75) is 26.4 Å². The van der Waals surface area contributed by atoms with Gasteiger partial charge in [-0.2, -0.15) is 5.26 Å². The van der Waals surface area contributed by atoms with E-state index in [1.54, 1.807) is 12.1 Å². The van der Waals surface area contributed by atoms with Gasteiger partial charge in [0.05, 0.1) is 30.4 Å². The van der Waals surface area contributed by atoms with Gasteiger partial charge in [0.25, 0.3) is 0 Å². The van der Waals surface area contributed by atoms with Gasteiger partial charge in [-0.3, -0.25) is 0 Å². The first-order valence-electron chi connectivity index (χ1n) is 5.78. The van der Waals surface area contributed by atoms with Crippen LogP contribution in [0.2, 0.25) is 0 Å². The Balaban J connectivity index is 2.83. The fraction of sp³-hybridized carbons (Fsp3) is 0.462. The molecule has 1 N–H and O–H groups in total. The maximum absolute atomic E-state index is 9.14. The number of rotatable bonds is 7. The van der Waals surface area contributed by atoms with Crippen molar-refractivity contribution in [1.29, 1.82) is 5.26 Å². The van der Waals surface area contributed by atoms with Gasteiger partial charge in [0, 0.05) is 6.42 Å². The van der Waals surface area contributed by atoms with E-state index in [1.807, 2.05) is 6.92 Å². The van der Waals surface area contributed by atoms with Crippen LogP contribution in [0, 0.1) is 11.3 Å². The van der Waals surface area contributed by atoms with Crippen LogP contribution in [0.3, 0.4) is 0 Å². The van der Waals surface area contributed by atoms with Gasteiger partial charge in [-0.15, -0.1) is 0 Å². The molecule has 0 aliphatic rings. The predicted octanol–water partition coefficient (Wildman–Crippen LogP) is 3.02. The molecule has 0 unspecified atom stereocenters. The van der Waals surface area contributed by atoms with Crippen LogP contribution in [0.15, 0.2) is 16.6 Å². The smallest absolute Gasteiger partial charge is 0.175 e. The molecular formula is C13H16BrNO3. The summed E-state index contributed by atoms with van der Waals surface area (Å²) in [5, 5.41) is 17.6. The first kappa shape index (κ1) is 14.8. The van der Waals surface area contributed by atoms with Gasteiger partial charge < -0.3 is 14.6 Å². The third-order valence-corrected chi connectivity index (χ3v) is 2.82. The molecular weight excluding hydrogens is 298 g/mol. The molecule has 0 heterocycles. The average molecular weight is 314 g/mol. The number of unbranched alkanes of at least 4 members (excludes halogenated alkanes) is 1. The van der Waals surface area contributed by atoms with Crippen molar-refractivity contribution in [2.24, 2.45) is 0 Å². The largest absolute Gasteiger partial charge is 0.490 e. The Labute approximate surface area is 115 Å². The second kappa shape index (κ2) is 7.96. The number of nitrogens with zero attached hydrogens (tertiary/aromatic N) is 1. The van der Waals surface area contributed by atoms with E-state index in [2.05, 4.69) is 22.0 Å². The van der Waals surface area contributed by atoms with Crippen LogP contribution < -0.4 is 9.47 Å². The molecule has 0 aliphatic carbocycles. The summed E-state index contributed by atoms with van der Waals surface area (Å²) < 4.78 is 11.8. The minimum absolute atomic E-state index is 0.0482. The number of hydrogen-bond acceptors (Lipinski definition) is 4. The Morgan fingerprint density at radius 1 is 1.39 bits per heavy atom. The van der Waals surface area contributed by atoms with Crippen LogP contribution in [-0.2, 0) is 6.61 Å². The molecule has 0 saturated heterocycles. The van der Waals surface area contributed by atoms with E-state index in [0.29, 0.717) is 37.6 Å². The van der Waals surface area contributed by atoms with Crippen molar-refractivity contribution in [3.63, 3.8) is 0 Å². The Kier molecular flexibility index (Phi) is 6.55. The van der Waals surface area contributed by atoms with E-state index in [9.17, 15) is 0 Å². The highest BCUT2D eigenvalue weighted by atomic mass is 79.9. The Morgan fingerprint density at radius 3 is 2.78 bits per heavy atom. The van der Waals surface area contributed by atoms with Crippen LogP contribution >= 0.6 is 15.9 Å². The lowest BCUT2D eigenvalue weighted by Gasteiger charge is -2.14. The Bertz CT molecular complexity index is 429. The summed E-state index contributed by atoms with van der Waals surface area (Å²) in [7, 11) is 0. The molecule has 0 amide bonds. The van der Waals surface area contributed by atoms with E-state index in [4.69, 9.17) is 19.8 Å². The van der Waals surface area contributed by atoms with E-state index in [1.165, 1.54) is 0 Å². The van der Waals surface area contributed by atoms with Crippen molar-refractivity contribution in [1.82, 2.24) is 0 Å². The molecule has 98 valence electrons. The van der Waals surface area contributed by atoms with Gasteiger partial charge in [-0.05, 0) is 47.0 Å². The number of aliphatic hydroxyl groups excluding tert-OH is 1. The summed E-state index contributed by atoms with van der Waals surface area (Å²) >= 11 is 3.40. The summed E-state index contributed by atoms with van der Waals surface area (Å²) in [5.74, 6) is 1.22. The van der Waals surface area contributed by atoms with Gasteiger partial charge in [-0.1, -0.05) is 0 Å². The highest BCUT2D eigenvalue weighted by molar-refractivity contribution is 9.10. The van der Waals surface area contributed by atoms with Crippen LogP contribution in [-0.4, -0.2) is 18.3 Å². The molecule has 4 nitrogen and oxygen atoms in total. The van der Waals surface area contributed by atoms with Gasteiger partial charge in [0.15, 0.2) is 11.5 Å². The van der Waals surface area contributed by atoms with Crippen LogP contribution in [0.4, 0.5) is 0 Å². The number of ether oxygens (including phenoxy) is 2. The molecule has 1 aromatic carbocycles. The highest BCUT2D eigenvalue weighted by Crippen LogP contribution is 2.37. The number of benzene rings is 1. The summed E-state index contributed by atoms with van der Waals surface area (Å²) in [5.41, 5.74) is 0.759. The molecule has 0 spiro atoms.